The summed E-state index contributed by atoms with van der Waals surface area (Å²) in [4.78, 5) is 132. The zero-order valence-electron chi connectivity index (χ0n) is 54.4. The topological polar surface area (TPSA) is 325 Å². The number of hydrogen-bond acceptors (Lipinski definition) is 14. The molecule has 0 bridgehead atoms. The van der Waals surface area contributed by atoms with Crippen LogP contribution in [-0.4, -0.2) is 210 Å². The highest BCUT2D eigenvalue weighted by Gasteiger charge is 2.42. The molecule has 2 aromatic carbocycles. The van der Waals surface area contributed by atoms with Gasteiger partial charge in [0.05, 0.1) is 50.3 Å². The normalized spacial score (nSPS) is 15.6. The molecule has 504 valence electrons. The van der Waals surface area contributed by atoms with Crippen molar-refractivity contribution < 1.29 is 43.2 Å². The Morgan fingerprint density at radius 1 is 0.478 bits per heavy atom. The van der Waals surface area contributed by atoms with Crippen molar-refractivity contribution in [1.29, 1.82) is 0 Å². The highest BCUT2D eigenvalue weighted by Crippen LogP contribution is 2.33. The summed E-state index contributed by atoms with van der Waals surface area (Å²) in [6.07, 6.45) is 12.5. The van der Waals surface area contributed by atoms with Crippen molar-refractivity contribution in [2.24, 2.45) is 22.9 Å². The van der Waals surface area contributed by atoms with Crippen molar-refractivity contribution in [3.63, 3.8) is 0 Å². The highest BCUT2D eigenvalue weighted by atomic mass is 32.2. The Morgan fingerprint density at radius 3 is 1.33 bits per heavy atom. The van der Waals surface area contributed by atoms with E-state index < -0.39 is 36.2 Å². The van der Waals surface area contributed by atoms with E-state index in [0.29, 0.717) is 147 Å². The first-order valence-corrected chi connectivity index (χ1v) is 34.4. The Morgan fingerprint density at radius 2 is 0.878 bits per heavy atom. The van der Waals surface area contributed by atoms with Crippen LogP contribution in [0.5, 0.6) is 0 Å². The summed E-state index contributed by atoms with van der Waals surface area (Å²) in [7, 11) is 0. The Kier molecular flexibility index (Phi) is 37.4. The third-order valence-corrected chi connectivity index (χ3v) is 18.4. The number of nitrogens with one attached hydrogen (secondary N) is 4. The predicted molar refractivity (Wildman–Crippen MR) is 355 cm³/mol. The van der Waals surface area contributed by atoms with Crippen LogP contribution in [0.3, 0.4) is 0 Å². The lowest BCUT2D eigenvalue weighted by Crippen LogP contribution is -2.52. The monoisotopic (exact) mass is 1270 g/mol. The molecule has 2 aliphatic heterocycles. The molecule has 90 heavy (non-hydrogen) atoms. The Balaban J connectivity index is 1.32. The molecule has 0 spiro atoms. The number of nitrogens with two attached hydrogens (primary N) is 4. The minimum absolute atomic E-state index is 0.0368. The fourth-order valence-corrected chi connectivity index (χ4v) is 12.9. The number of urea groups is 1. The van der Waals surface area contributed by atoms with Crippen LogP contribution in [0, 0.1) is 0 Å². The van der Waals surface area contributed by atoms with E-state index in [1.807, 2.05) is 93.2 Å². The molecule has 0 aromatic heterocycles. The van der Waals surface area contributed by atoms with Gasteiger partial charge >= 0.3 is 6.03 Å². The number of hydrogen-bond donors (Lipinski definition) is 8. The van der Waals surface area contributed by atoms with Gasteiger partial charge in [-0.2, -0.15) is 11.8 Å². The standard InChI is InChI=1S/C66H110N14O9S/c1-4-79(51(2)53-27-9-5-10-28-53)63(87)47-78(44-26-20-38-70)62(86)49-80(52(3)54-29-11-6-12-30-54)64(88)48-77(43-25-19-37-69)61(85)46-76(42-24-18-36-68)60(84)45-75(41-23-17-35-67)59(83)34-14-8-22-40-71-57(81)32-13-7-21-39-72-58(82)33-16-15-31-56-65-55(50-90-56)73-66(89)74-65/h5-6,9-12,27-30,51-52,55-56,65H,4,7-8,13-26,31-50,67-70H2,1-3H3,(H,71,81)(H,72,82)(H2,73,74,89)/t51-,52-,55-,56?,65-/m0/s1. The lowest BCUT2D eigenvalue weighted by molar-refractivity contribution is -0.149. The van der Waals surface area contributed by atoms with Crippen LogP contribution in [0.1, 0.15) is 172 Å². The number of thioether (sulfide) groups is 1. The molecule has 2 aliphatic rings. The van der Waals surface area contributed by atoms with Crippen LogP contribution in [0.4, 0.5) is 4.79 Å². The number of amides is 10. The van der Waals surface area contributed by atoms with Crippen molar-refractivity contribution in [1.82, 2.24) is 50.7 Å². The molecule has 0 aliphatic carbocycles. The van der Waals surface area contributed by atoms with Crippen molar-refractivity contribution in [3.8, 4) is 0 Å². The van der Waals surface area contributed by atoms with Gasteiger partial charge in [-0.1, -0.05) is 79.9 Å². The quantitative estimate of drug-likeness (QED) is 0.0334. The van der Waals surface area contributed by atoms with Gasteiger partial charge in [0.1, 0.15) is 6.54 Å². The molecule has 4 rings (SSSR count). The zero-order chi connectivity index (χ0) is 65.5. The Bertz CT molecular complexity index is 2470. The Labute approximate surface area is 540 Å². The molecule has 23 nitrogen and oxygen atoms in total. The molecule has 24 heteroatoms. The van der Waals surface area contributed by atoms with Crippen LogP contribution in [0.2, 0.25) is 0 Å². The van der Waals surface area contributed by atoms with E-state index in [2.05, 4.69) is 21.3 Å². The smallest absolute Gasteiger partial charge is 0.315 e. The van der Waals surface area contributed by atoms with E-state index >= 15 is 0 Å². The van der Waals surface area contributed by atoms with Gasteiger partial charge < -0.3 is 73.6 Å². The maximum atomic E-state index is 14.9. The van der Waals surface area contributed by atoms with Crippen molar-refractivity contribution in [2.45, 2.75) is 179 Å². The molecule has 0 saturated carbocycles. The number of carbonyl (C=O) groups excluding carboxylic acids is 9. The molecule has 10 amide bonds. The molecule has 2 fully saturated rings. The summed E-state index contributed by atoms with van der Waals surface area (Å²) in [6.45, 7) is 7.98. The molecule has 12 N–H and O–H groups in total. The summed E-state index contributed by atoms with van der Waals surface area (Å²) in [6, 6.07) is 18.4. The van der Waals surface area contributed by atoms with E-state index in [9.17, 15) is 43.2 Å². The lowest BCUT2D eigenvalue weighted by atomic mass is 10.0. The zero-order valence-corrected chi connectivity index (χ0v) is 55.2. The summed E-state index contributed by atoms with van der Waals surface area (Å²) in [5, 5.41) is 12.3. The van der Waals surface area contributed by atoms with Gasteiger partial charge in [0.15, 0.2) is 0 Å². The summed E-state index contributed by atoms with van der Waals surface area (Å²) in [5.74, 6) is -1.34. The highest BCUT2D eigenvalue weighted by molar-refractivity contribution is 8.00. The van der Waals surface area contributed by atoms with Crippen LogP contribution < -0.4 is 44.2 Å². The molecule has 1 unspecified atom stereocenters. The maximum Gasteiger partial charge on any atom is 0.315 e. The number of fused-ring (bicyclic) bond motifs is 1. The van der Waals surface area contributed by atoms with Gasteiger partial charge in [0, 0.05) is 76.1 Å². The van der Waals surface area contributed by atoms with Gasteiger partial charge in [0.2, 0.25) is 47.3 Å². The van der Waals surface area contributed by atoms with Crippen molar-refractivity contribution in [3.05, 3.63) is 71.8 Å². The summed E-state index contributed by atoms with van der Waals surface area (Å²) >= 11 is 1.88. The minimum Gasteiger partial charge on any atom is -0.356 e. The van der Waals surface area contributed by atoms with E-state index in [1.54, 1.807) is 4.90 Å². The van der Waals surface area contributed by atoms with Gasteiger partial charge in [0.25, 0.3) is 0 Å². The van der Waals surface area contributed by atoms with Gasteiger partial charge in [-0.15, -0.1) is 0 Å². The van der Waals surface area contributed by atoms with Crippen LogP contribution in [0.25, 0.3) is 0 Å². The number of rotatable bonds is 48. The molecule has 2 aromatic rings. The fraction of sp³-hybridized carbons (Fsp3) is 0.682. The Hall–Kier alpha value is -6.34. The molecule has 5 atom stereocenters. The average Bonchev–Trinajstić information content (AvgIpc) is 2.35. The SMILES string of the molecule is CCN(C(=O)CN(CCCCN)C(=O)CN(C(=O)CN(CCCCN)C(=O)CN(CCCCN)C(=O)CN(CCCCN)C(=O)CCCCCNC(=O)CCCCCNC(=O)CCCCC1SC[C@@H]2NC(=O)N[C@H]12)[C@@H](C)c1ccccc1)[C@@H](C)c1ccccc1. The molecular formula is C66H110N14O9S. The maximum absolute atomic E-state index is 14.9. The second-order valence-corrected chi connectivity index (χ2v) is 25.1. The van der Waals surface area contributed by atoms with Crippen molar-refractivity contribution in [2.75, 3.05) is 110 Å². The van der Waals surface area contributed by atoms with E-state index in [0.717, 1.165) is 49.0 Å². The van der Waals surface area contributed by atoms with Crippen LogP contribution >= 0.6 is 11.8 Å². The first-order valence-electron chi connectivity index (χ1n) is 33.4. The minimum atomic E-state index is -0.616. The first-order chi connectivity index (χ1) is 43.5. The largest absolute Gasteiger partial charge is 0.356 e. The second kappa shape index (κ2) is 44.2. The number of benzene rings is 2. The number of likely N-dealkylation sites (N-methyl/N-ethyl adjacent to an activating group) is 1. The van der Waals surface area contributed by atoms with Crippen LogP contribution in [-0.2, 0) is 38.4 Å². The first kappa shape index (κ1) is 76.1. The third-order valence-electron chi connectivity index (χ3n) is 16.9. The van der Waals surface area contributed by atoms with Gasteiger partial charge in [-0.05, 0) is 148 Å². The molecule has 0 radical (unpaired) electrons. The average molecular weight is 1280 g/mol. The number of carbonyl (C=O) groups is 9. The van der Waals surface area contributed by atoms with E-state index in [1.165, 1.54) is 24.5 Å². The lowest BCUT2D eigenvalue weighted by Gasteiger charge is -2.35. The fourth-order valence-electron chi connectivity index (χ4n) is 11.4. The van der Waals surface area contributed by atoms with E-state index in [4.69, 9.17) is 22.9 Å². The summed E-state index contributed by atoms with van der Waals surface area (Å²) in [5.41, 5.74) is 25.3. The number of unbranched alkanes of at least 4 members (excludes halogenated alkanes) is 9. The number of nitrogens with zero attached hydrogens (tertiary/aromatic N) is 6. The van der Waals surface area contributed by atoms with Gasteiger partial charge in [-0.25, -0.2) is 4.79 Å². The molecule has 2 heterocycles. The van der Waals surface area contributed by atoms with E-state index in [-0.39, 0.29) is 100 Å². The van der Waals surface area contributed by atoms with Crippen molar-refractivity contribution >= 4 is 65.1 Å². The van der Waals surface area contributed by atoms with Gasteiger partial charge in [-0.3, -0.25) is 38.4 Å². The van der Waals surface area contributed by atoms with Crippen LogP contribution in [0.15, 0.2) is 60.7 Å². The molecule has 2 saturated heterocycles. The molecular weight excluding hydrogens is 1160 g/mol. The predicted octanol–water partition coefficient (Wildman–Crippen LogP) is 4.53. The second-order valence-electron chi connectivity index (χ2n) is 23.8. The third kappa shape index (κ3) is 28.0. The summed E-state index contributed by atoms with van der Waals surface area (Å²) < 4.78 is 0.